The number of aryl methyl sites for hydroxylation is 2. The fraction of sp³-hybridized carbons (Fsp3) is 0.714. The molecule has 1 aliphatic heterocycles. The summed E-state index contributed by atoms with van der Waals surface area (Å²) in [5.74, 6) is 0. The second-order valence-corrected chi connectivity index (χ2v) is 9.20. The van der Waals surface area contributed by atoms with Crippen molar-refractivity contribution in [1.82, 2.24) is 9.62 Å². The van der Waals surface area contributed by atoms with Crippen LogP contribution in [-0.4, -0.2) is 37.9 Å². The summed E-state index contributed by atoms with van der Waals surface area (Å²) in [7, 11) is -3.33. The van der Waals surface area contributed by atoms with Crippen LogP contribution in [0.15, 0.2) is 11.0 Å². The van der Waals surface area contributed by atoms with Crippen LogP contribution < -0.4 is 5.32 Å². The fourth-order valence-electron chi connectivity index (χ4n) is 2.93. The molecule has 0 amide bonds. The summed E-state index contributed by atoms with van der Waals surface area (Å²) in [5, 5.41) is 3.41. The van der Waals surface area contributed by atoms with Gasteiger partial charge in [0.05, 0.1) is 4.90 Å². The van der Waals surface area contributed by atoms with Gasteiger partial charge in [0.15, 0.2) is 0 Å². The molecule has 6 heteroatoms. The molecule has 0 bridgehead atoms. The average molecular weight is 314 g/mol. The van der Waals surface area contributed by atoms with E-state index < -0.39 is 10.0 Å². The van der Waals surface area contributed by atoms with Gasteiger partial charge in [0.1, 0.15) is 0 Å². The second-order valence-electron chi connectivity index (χ2n) is 5.88. The molecule has 2 fully saturated rings. The molecule has 2 heterocycles. The van der Waals surface area contributed by atoms with Gasteiger partial charge in [-0.3, -0.25) is 0 Å². The summed E-state index contributed by atoms with van der Waals surface area (Å²) in [4.78, 5) is 2.49. The lowest BCUT2D eigenvalue weighted by Crippen LogP contribution is -2.42. The van der Waals surface area contributed by atoms with Crippen molar-refractivity contribution in [3.05, 3.63) is 15.8 Å². The molecule has 0 aromatic carbocycles. The van der Waals surface area contributed by atoms with Crippen molar-refractivity contribution >= 4 is 21.4 Å². The fourth-order valence-corrected chi connectivity index (χ4v) is 6.18. The lowest BCUT2D eigenvalue weighted by atomic mass is 10.2. The van der Waals surface area contributed by atoms with Crippen molar-refractivity contribution in [2.45, 2.75) is 56.5 Å². The largest absolute Gasteiger partial charge is 0.313 e. The zero-order valence-corrected chi connectivity index (χ0v) is 13.7. The van der Waals surface area contributed by atoms with Gasteiger partial charge in [0.25, 0.3) is 0 Å². The summed E-state index contributed by atoms with van der Waals surface area (Å²) in [6.07, 6.45) is 4.25. The van der Waals surface area contributed by atoms with E-state index in [4.69, 9.17) is 0 Å². The van der Waals surface area contributed by atoms with Crippen LogP contribution >= 0.6 is 11.3 Å². The molecule has 0 spiro atoms. The Morgan fingerprint density at radius 1 is 1.35 bits per heavy atom. The molecule has 1 atom stereocenters. The first kappa shape index (κ1) is 14.5. The molecule has 1 saturated heterocycles. The Morgan fingerprint density at radius 2 is 2.10 bits per heavy atom. The van der Waals surface area contributed by atoms with Crippen LogP contribution in [0, 0.1) is 13.8 Å². The molecule has 1 aliphatic carbocycles. The summed E-state index contributed by atoms with van der Waals surface area (Å²) in [5.41, 5.74) is 0. The van der Waals surface area contributed by atoms with Crippen LogP contribution in [0.25, 0.3) is 0 Å². The molecule has 4 nitrogen and oxygen atoms in total. The predicted octanol–water partition coefficient (Wildman–Crippen LogP) is 2.27. The van der Waals surface area contributed by atoms with Gasteiger partial charge in [-0.1, -0.05) is 0 Å². The molecule has 1 unspecified atom stereocenters. The van der Waals surface area contributed by atoms with Crippen molar-refractivity contribution in [3.63, 3.8) is 0 Å². The van der Waals surface area contributed by atoms with E-state index in [9.17, 15) is 8.42 Å². The summed E-state index contributed by atoms with van der Waals surface area (Å²) in [6, 6.07) is 2.37. The molecule has 1 saturated carbocycles. The van der Waals surface area contributed by atoms with E-state index in [1.807, 2.05) is 19.9 Å². The average Bonchev–Trinajstić information content (AvgIpc) is 2.96. The standard InChI is InChI=1S/C14H22N2O2S2/c1-10-8-14(11(2)19-10)20(17,18)16(13-5-6-13)9-12-4-3-7-15-12/h8,12-13,15H,3-7,9H2,1-2H3. The third-order valence-electron chi connectivity index (χ3n) is 4.10. The molecular formula is C14H22N2O2S2. The lowest BCUT2D eigenvalue weighted by Gasteiger charge is -2.25. The van der Waals surface area contributed by atoms with E-state index in [0.29, 0.717) is 17.5 Å². The quantitative estimate of drug-likeness (QED) is 0.907. The van der Waals surface area contributed by atoms with E-state index in [2.05, 4.69) is 5.32 Å². The second kappa shape index (κ2) is 5.40. The first-order valence-electron chi connectivity index (χ1n) is 7.31. The topological polar surface area (TPSA) is 49.4 Å². The van der Waals surface area contributed by atoms with Crippen LogP contribution in [0.3, 0.4) is 0 Å². The third-order valence-corrected chi connectivity index (χ3v) is 7.24. The van der Waals surface area contributed by atoms with Crippen LogP contribution in [0.5, 0.6) is 0 Å². The molecule has 112 valence electrons. The van der Waals surface area contributed by atoms with E-state index in [1.54, 1.807) is 15.6 Å². The highest BCUT2D eigenvalue weighted by Gasteiger charge is 2.40. The Hall–Kier alpha value is -0.430. The van der Waals surface area contributed by atoms with Crippen LogP contribution in [0.1, 0.15) is 35.4 Å². The van der Waals surface area contributed by atoms with Gasteiger partial charge in [0.2, 0.25) is 10.0 Å². The van der Waals surface area contributed by atoms with Gasteiger partial charge in [-0.15, -0.1) is 11.3 Å². The normalized spacial score (nSPS) is 23.6. The van der Waals surface area contributed by atoms with Crippen molar-refractivity contribution in [2.75, 3.05) is 13.1 Å². The van der Waals surface area contributed by atoms with Crippen molar-refractivity contribution in [2.24, 2.45) is 0 Å². The lowest BCUT2D eigenvalue weighted by molar-refractivity contribution is 0.363. The molecule has 2 aliphatic rings. The number of sulfonamides is 1. The zero-order valence-electron chi connectivity index (χ0n) is 12.1. The van der Waals surface area contributed by atoms with E-state index in [-0.39, 0.29) is 6.04 Å². The maximum absolute atomic E-state index is 12.9. The summed E-state index contributed by atoms with van der Waals surface area (Å²) >= 11 is 1.57. The highest BCUT2D eigenvalue weighted by atomic mass is 32.2. The maximum atomic E-state index is 12.9. The Labute approximate surface area is 125 Å². The van der Waals surface area contributed by atoms with Gasteiger partial charge in [-0.25, -0.2) is 8.42 Å². The Balaban J connectivity index is 1.87. The summed E-state index contributed by atoms with van der Waals surface area (Å²) in [6.45, 7) is 5.52. The first-order chi connectivity index (χ1) is 9.48. The van der Waals surface area contributed by atoms with Gasteiger partial charge in [0, 0.05) is 28.4 Å². The smallest absolute Gasteiger partial charge is 0.244 e. The number of nitrogens with zero attached hydrogens (tertiary/aromatic N) is 1. The monoisotopic (exact) mass is 314 g/mol. The number of thiophene rings is 1. The number of rotatable bonds is 5. The Bertz CT molecular complexity index is 584. The zero-order chi connectivity index (χ0) is 14.3. The SMILES string of the molecule is Cc1cc(S(=O)(=O)N(CC2CCCN2)C2CC2)c(C)s1. The molecule has 1 aromatic heterocycles. The Morgan fingerprint density at radius 3 is 2.60 bits per heavy atom. The van der Waals surface area contributed by atoms with E-state index >= 15 is 0 Å². The highest BCUT2D eigenvalue weighted by Crippen LogP contribution is 2.35. The number of nitrogens with one attached hydrogen (secondary N) is 1. The van der Waals surface area contributed by atoms with Crippen molar-refractivity contribution < 1.29 is 8.42 Å². The van der Waals surface area contributed by atoms with Crippen molar-refractivity contribution in [3.8, 4) is 0 Å². The minimum atomic E-state index is -3.33. The molecular weight excluding hydrogens is 292 g/mol. The summed E-state index contributed by atoms with van der Waals surface area (Å²) < 4.78 is 27.6. The molecule has 0 radical (unpaired) electrons. The van der Waals surface area contributed by atoms with Gasteiger partial charge >= 0.3 is 0 Å². The van der Waals surface area contributed by atoms with E-state index in [1.165, 1.54) is 0 Å². The molecule has 1 N–H and O–H groups in total. The molecule has 20 heavy (non-hydrogen) atoms. The molecule has 3 rings (SSSR count). The van der Waals surface area contributed by atoms with E-state index in [0.717, 1.165) is 42.0 Å². The van der Waals surface area contributed by atoms with Gasteiger partial charge in [-0.2, -0.15) is 4.31 Å². The molecule has 1 aromatic rings. The highest BCUT2D eigenvalue weighted by molar-refractivity contribution is 7.89. The minimum absolute atomic E-state index is 0.224. The van der Waals surface area contributed by atoms with Crippen LogP contribution in [-0.2, 0) is 10.0 Å². The van der Waals surface area contributed by atoms with Crippen LogP contribution in [0.2, 0.25) is 0 Å². The number of hydrogen-bond acceptors (Lipinski definition) is 4. The van der Waals surface area contributed by atoms with Crippen molar-refractivity contribution in [1.29, 1.82) is 0 Å². The first-order valence-corrected chi connectivity index (χ1v) is 9.56. The van der Waals surface area contributed by atoms with Gasteiger partial charge < -0.3 is 5.32 Å². The van der Waals surface area contributed by atoms with Crippen LogP contribution in [0.4, 0.5) is 0 Å². The van der Waals surface area contributed by atoms with Gasteiger partial charge in [-0.05, 0) is 52.1 Å². The maximum Gasteiger partial charge on any atom is 0.244 e. The predicted molar refractivity (Wildman–Crippen MR) is 81.7 cm³/mol. The number of hydrogen-bond donors (Lipinski definition) is 1. The third kappa shape index (κ3) is 2.79. The Kier molecular flexibility index (Phi) is 3.92. The minimum Gasteiger partial charge on any atom is -0.313 e.